The van der Waals surface area contributed by atoms with E-state index < -0.39 is 42.9 Å². The summed E-state index contributed by atoms with van der Waals surface area (Å²) >= 11 is 0. The summed E-state index contributed by atoms with van der Waals surface area (Å²) in [6.07, 6.45) is 4.01. The summed E-state index contributed by atoms with van der Waals surface area (Å²) in [7, 11) is 0.592. The number of carbonyl (C=O) groups excluding carboxylic acids is 3. The van der Waals surface area contributed by atoms with Crippen molar-refractivity contribution in [1.82, 2.24) is 20.4 Å². The van der Waals surface area contributed by atoms with E-state index in [-0.39, 0.29) is 24.4 Å². The zero-order chi connectivity index (χ0) is 32.7. The number of carboxylic acid groups (broad SMARTS) is 1. The number of piperazine rings is 1. The Hall–Kier alpha value is -4.36. The SMILES string of the molecule is C=C(NC1Cc2cccc(C(=O)O)c2OB1OC)C(NC(=O)N1CCN(CC)C(=O)C1=O)c1ccc(CCN)cc1.CC1CC1. The fourth-order valence-electron chi connectivity index (χ4n) is 5.19. The Labute approximate surface area is 264 Å². The maximum absolute atomic E-state index is 13.3. The highest BCUT2D eigenvalue weighted by Gasteiger charge is 2.40. The molecule has 45 heavy (non-hydrogen) atoms. The molecule has 2 fully saturated rings. The minimum atomic E-state index is -1.11. The number of likely N-dealkylation sites (N-methyl/N-ethyl adjacent to an activating group) is 1. The molecule has 2 unspecified atom stereocenters. The highest BCUT2D eigenvalue weighted by Crippen LogP contribution is 2.32. The van der Waals surface area contributed by atoms with Gasteiger partial charge in [0.25, 0.3) is 0 Å². The number of benzene rings is 2. The Kier molecular flexibility index (Phi) is 11.2. The third kappa shape index (κ3) is 8.23. The maximum atomic E-state index is 13.3. The average Bonchev–Trinajstić information content (AvgIpc) is 3.82. The number of aromatic carboxylic acids is 1. The molecular weight excluding hydrogens is 577 g/mol. The fraction of sp³-hybridized carbons (Fsp3) is 0.438. The molecule has 1 saturated carbocycles. The highest BCUT2D eigenvalue weighted by atomic mass is 16.6. The van der Waals surface area contributed by atoms with Gasteiger partial charge >= 0.3 is 30.9 Å². The molecule has 1 aliphatic carbocycles. The van der Waals surface area contributed by atoms with Gasteiger partial charge in [0.1, 0.15) is 5.75 Å². The molecule has 5 N–H and O–H groups in total. The Morgan fingerprint density at radius 3 is 2.42 bits per heavy atom. The Morgan fingerprint density at radius 1 is 1.16 bits per heavy atom. The number of nitrogens with zero attached hydrogens (tertiary/aromatic N) is 2. The zero-order valence-electron chi connectivity index (χ0n) is 26.1. The summed E-state index contributed by atoms with van der Waals surface area (Å²) in [6, 6.07) is 10.8. The van der Waals surface area contributed by atoms with Crippen molar-refractivity contribution in [3.05, 3.63) is 77.0 Å². The van der Waals surface area contributed by atoms with Crippen molar-refractivity contribution in [2.24, 2.45) is 11.7 Å². The fourth-order valence-corrected chi connectivity index (χ4v) is 5.19. The largest absolute Gasteiger partial charge is 0.549 e. The van der Waals surface area contributed by atoms with Crippen LogP contribution in [-0.4, -0.2) is 85.1 Å². The normalized spacial score (nSPS) is 18.2. The molecule has 3 aliphatic rings. The van der Waals surface area contributed by atoms with Gasteiger partial charge in [-0.25, -0.2) is 9.59 Å². The van der Waals surface area contributed by atoms with Crippen LogP contribution in [0.25, 0.3) is 0 Å². The van der Waals surface area contributed by atoms with Crippen LogP contribution in [0, 0.1) is 5.92 Å². The van der Waals surface area contributed by atoms with Crippen molar-refractivity contribution in [3.63, 3.8) is 0 Å². The molecule has 240 valence electrons. The number of hydrogen-bond donors (Lipinski definition) is 4. The Bertz CT molecular complexity index is 1420. The summed E-state index contributed by atoms with van der Waals surface area (Å²) in [5.41, 5.74) is 8.47. The second kappa shape index (κ2) is 15.1. The number of fused-ring (bicyclic) bond motifs is 1. The number of imide groups is 1. The lowest BCUT2D eigenvalue weighted by Gasteiger charge is -2.35. The van der Waals surface area contributed by atoms with Crippen LogP contribution in [0.1, 0.15) is 59.8 Å². The predicted molar refractivity (Wildman–Crippen MR) is 169 cm³/mol. The van der Waals surface area contributed by atoms with E-state index in [0.29, 0.717) is 42.8 Å². The molecule has 2 atom stereocenters. The van der Waals surface area contributed by atoms with Crippen LogP contribution in [0.2, 0.25) is 0 Å². The first kappa shape index (κ1) is 33.5. The molecule has 0 aromatic heterocycles. The van der Waals surface area contributed by atoms with Crippen molar-refractivity contribution in [2.75, 3.05) is 33.3 Å². The van der Waals surface area contributed by atoms with Crippen LogP contribution in [0.3, 0.4) is 0 Å². The molecule has 0 spiro atoms. The van der Waals surface area contributed by atoms with E-state index in [0.717, 1.165) is 16.4 Å². The summed E-state index contributed by atoms with van der Waals surface area (Å²) in [6.45, 7) is 9.40. The van der Waals surface area contributed by atoms with E-state index in [1.807, 2.05) is 24.3 Å². The third-order valence-electron chi connectivity index (χ3n) is 8.10. The molecule has 13 heteroatoms. The van der Waals surface area contributed by atoms with E-state index in [1.165, 1.54) is 30.9 Å². The van der Waals surface area contributed by atoms with Gasteiger partial charge in [0.15, 0.2) is 0 Å². The summed E-state index contributed by atoms with van der Waals surface area (Å²) in [5.74, 6) is -1.89. The van der Waals surface area contributed by atoms with Gasteiger partial charge in [0.05, 0.1) is 17.5 Å². The van der Waals surface area contributed by atoms with Crippen molar-refractivity contribution in [3.8, 4) is 5.75 Å². The lowest BCUT2D eigenvalue weighted by atomic mass is 9.71. The Balaban J connectivity index is 0.00000107. The van der Waals surface area contributed by atoms with Crippen LogP contribution in [0.4, 0.5) is 4.79 Å². The lowest BCUT2D eigenvalue weighted by molar-refractivity contribution is -0.153. The second-order valence-corrected chi connectivity index (χ2v) is 11.5. The molecule has 5 rings (SSSR count). The minimum Gasteiger partial charge on any atom is -0.534 e. The van der Waals surface area contributed by atoms with Gasteiger partial charge in [0.2, 0.25) is 0 Å². The van der Waals surface area contributed by atoms with Gasteiger partial charge in [-0.3, -0.25) is 14.5 Å². The first-order valence-electron chi connectivity index (χ1n) is 15.3. The van der Waals surface area contributed by atoms with Crippen molar-refractivity contribution in [2.45, 2.75) is 51.5 Å². The molecule has 2 aromatic rings. The summed E-state index contributed by atoms with van der Waals surface area (Å²) in [5, 5.41) is 15.7. The van der Waals surface area contributed by atoms with Crippen LogP contribution < -0.4 is 21.0 Å². The van der Waals surface area contributed by atoms with Crippen LogP contribution in [-0.2, 0) is 27.1 Å². The van der Waals surface area contributed by atoms with Gasteiger partial charge in [-0.1, -0.05) is 62.7 Å². The molecule has 0 radical (unpaired) electrons. The van der Waals surface area contributed by atoms with Gasteiger partial charge in [-0.05, 0) is 55.0 Å². The van der Waals surface area contributed by atoms with E-state index in [9.17, 15) is 24.3 Å². The number of rotatable bonds is 10. The topological polar surface area (TPSA) is 164 Å². The molecule has 0 bridgehead atoms. The third-order valence-corrected chi connectivity index (χ3v) is 8.10. The van der Waals surface area contributed by atoms with Gasteiger partial charge in [0, 0.05) is 32.4 Å². The van der Waals surface area contributed by atoms with Gasteiger partial charge in [-0.2, -0.15) is 0 Å². The molecule has 2 aromatic carbocycles. The number of carbonyl (C=O) groups is 4. The molecular formula is C32H42BN5O7. The zero-order valence-corrected chi connectivity index (χ0v) is 26.1. The number of amides is 4. The van der Waals surface area contributed by atoms with Crippen molar-refractivity contribution in [1.29, 1.82) is 0 Å². The molecule has 1 saturated heterocycles. The molecule has 12 nitrogen and oxygen atoms in total. The number of nitrogens with two attached hydrogens (primary N) is 1. The first-order chi connectivity index (χ1) is 21.6. The second-order valence-electron chi connectivity index (χ2n) is 11.5. The number of hydrogen-bond acceptors (Lipinski definition) is 8. The van der Waals surface area contributed by atoms with E-state index in [4.69, 9.17) is 15.0 Å². The van der Waals surface area contributed by atoms with Crippen LogP contribution in [0.15, 0.2) is 54.7 Å². The molecule has 2 heterocycles. The van der Waals surface area contributed by atoms with Crippen molar-refractivity contribution < 1.29 is 33.6 Å². The number of nitrogens with one attached hydrogen (secondary N) is 2. The smallest absolute Gasteiger partial charge is 0.534 e. The predicted octanol–water partition coefficient (Wildman–Crippen LogP) is 2.52. The highest BCUT2D eigenvalue weighted by molar-refractivity contribution is 6.48. The number of para-hydroxylation sites is 1. The molecule has 2 aliphatic heterocycles. The monoisotopic (exact) mass is 619 g/mol. The Morgan fingerprint density at radius 2 is 1.84 bits per heavy atom. The van der Waals surface area contributed by atoms with Crippen LogP contribution >= 0.6 is 0 Å². The van der Waals surface area contributed by atoms with Crippen molar-refractivity contribution >= 4 is 30.9 Å². The number of urea groups is 1. The van der Waals surface area contributed by atoms with E-state index in [2.05, 4.69) is 24.1 Å². The first-order valence-corrected chi connectivity index (χ1v) is 15.3. The standard InChI is InChI=1S/C28H34BN5O7.C4H8/c1-4-33-14-15-34(26(36)25(33)35)28(39)32-23(19-10-8-18(9-11-19)12-13-30)17(2)31-22-16-20-6-5-7-21(27(37)38)24(20)41-29(22)40-3;1-4-2-3-4/h5-11,22-23,31H,2,4,12-16,30H2,1,3H3,(H,32,39)(H,37,38);4H,2-3H2,1H3. The van der Waals surface area contributed by atoms with Gasteiger partial charge in [-0.15, -0.1) is 0 Å². The summed E-state index contributed by atoms with van der Waals surface area (Å²) < 4.78 is 11.5. The van der Waals surface area contributed by atoms with E-state index >= 15 is 0 Å². The quantitative estimate of drug-likeness (QED) is 0.231. The van der Waals surface area contributed by atoms with Crippen LogP contribution in [0.5, 0.6) is 5.75 Å². The lowest BCUT2D eigenvalue weighted by Crippen LogP contribution is -2.59. The van der Waals surface area contributed by atoms with E-state index in [1.54, 1.807) is 19.1 Å². The average molecular weight is 620 g/mol. The molecule has 4 amide bonds. The minimum absolute atomic E-state index is 0.0342. The van der Waals surface area contributed by atoms with Gasteiger partial charge < -0.3 is 35.7 Å². The number of carboxylic acids is 1. The maximum Gasteiger partial charge on any atom is 0.549 e. The summed E-state index contributed by atoms with van der Waals surface area (Å²) in [4.78, 5) is 52.4.